The van der Waals surface area contributed by atoms with E-state index in [9.17, 15) is 0 Å². The molecule has 2 aliphatic heterocycles. The van der Waals surface area contributed by atoms with Gasteiger partial charge in [-0.05, 0) is 91.7 Å². The van der Waals surface area contributed by atoms with Crippen LogP contribution in [0.4, 0.5) is 17.1 Å². The van der Waals surface area contributed by atoms with Gasteiger partial charge in [0.15, 0.2) is 0 Å². The third-order valence-electron chi connectivity index (χ3n) is 8.63. The molecule has 0 N–H and O–H groups in total. The molecule has 9 rings (SSSR count). The summed E-state index contributed by atoms with van der Waals surface area (Å²) < 4.78 is 0. The molecule has 0 spiro atoms. The average Bonchev–Trinajstić information content (AvgIpc) is 3.46. The second-order valence-corrected chi connectivity index (χ2v) is 10.3. The number of benzene rings is 4. The van der Waals surface area contributed by atoms with Crippen molar-refractivity contribution in [1.29, 1.82) is 0 Å². The number of hydrogen-bond acceptors (Lipinski definition) is 2. The molecule has 35 heavy (non-hydrogen) atoms. The van der Waals surface area contributed by atoms with Gasteiger partial charge in [-0.2, -0.15) is 0 Å². The maximum absolute atomic E-state index is 4.52. The molecule has 0 atom stereocenters. The number of para-hydroxylation sites is 1. The molecule has 0 saturated carbocycles. The van der Waals surface area contributed by atoms with E-state index in [2.05, 4.69) is 88.9 Å². The Labute approximate surface area is 204 Å². The van der Waals surface area contributed by atoms with Crippen molar-refractivity contribution in [2.24, 2.45) is 0 Å². The topological polar surface area (TPSA) is 16.1 Å². The number of pyridine rings is 1. The predicted molar refractivity (Wildman–Crippen MR) is 141 cm³/mol. The molecule has 0 fully saturated rings. The van der Waals surface area contributed by atoms with E-state index in [4.69, 9.17) is 0 Å². The number of fused-ring (bicyclic) bond motifs is 12. The Morgan fingerprint density at radius 3 is 2.26 bits per heavy atom. The molecule has 0 amide bonds. The Bertz CT molecular complexity index is 1750. The Morgan fingerprint density at radius 2 is 1.29 bits per heavy atom. The Morgan fingerprint density at radius 1 is 0.543 bits per heavy atom. The summed E-state index contributed by atoms with van der Waals surface area (Å²) in [5.41, 5.74) is 21.5. The van der Waals surface area contributed by atoms with Crippen LogP contribution in [0.2, 0.25) is 0 Å². The van der Waals surface area contributed by atoms with Crippen LogP contribution < -0.4 is 4.90 Å². The lowest BCUT2D eigenvalue weighted by atomic mass is 9.82. The van der Waals surface area contributed by atoms with Crippen LogP contribution in [0.3, 0.4) is 0 Å². The molecule has 0 unspecified atom stereocenters. The third-order valence-corrected chi connectivity index (χ3v) is 8.63. The maximum Gasteiger partial charge on any atom is 0.0539 e. The summed E-state index contributed by atoms with van der Waals surface area (Å²) in [6.07, 6.45) is 8.06. The summed E-state index contributed by atoms with van der Waals surface area (Å²) in [6.45, 7) is 0. The van der Waals surface area contributed by atoms with E-state index in [1.807, 2.05) is 6.20 Å². The number of hydrogen-bond donors (Lipinski definition) is 0. The van der Waals surface area contributed by atoms with Crippen LogP contribution in [0.15, 0.2) is 85.2 Å². The molecule has 3 heterocycles. The van der Waals surface area contributed by atoms with Crippen molar-refractivity contribution in [2.45, 2.75) is 25.7 Å². The third kappa shape index (κ3) is 2.23. The first-order valence-corrected chi connectivity index (χ1v) is 12.6. The lowest BCUT2D eigenvalue weighted by Gasteiger charge is -2.40. The highest BCUT2D eigenvalue weighted by molar-refractivity contribution is 5.96. The van der Waals surface area contributed by atoms with Crippen LogP contribution in [0.1, 0.15) is 44.5 Å². The summed E-state index contributed by atoms with van der Waals surface area (Å²) in [6, 6.07) is 27.4. The zero-order valence-corrected chi connectivity index (χ0v) is 19.3. The number of aromatic nitrogens is 1. The van der Waals surface area contributed by atoms with Crippen molar-refractivity contribution >= 4 is 17.1 Å². The number of anilines is 3. The van der Waals surface area contributed by atoms with Gasteiger partial charge in [0.05, 0.1) is 11.4 Å². The van der Waals surface area contributed by atoms with Crippen LogP contribution in [0, 0.1) is 0 Å². The van der Waals surface area contributed by atoms with E-state index in [1.165, 1.54) is 72.7 Å². The molecule has 1 aromatic heterocycles. The van der Waals surface area contributed by atoms with E-state index in [1.54, 1.807) is 11.1 Å². The Hall–Kier alpha value is -4.17. The molecule has 0 saturated heterocycles. The average molecular weight is 447 g/mol. The molecule has 5 aromatic rings. The van der Waals surface area contributed by atoms with E-state index < -0.39 is 0 Å². The van der Waals surface area contributed by atoms with E-state index in [-0.39, 0.29) is 0 Å². The predicted octanol–water partition coefficient (Wildman–Crippen LogP) is 7.50. The van der Waals surface area contributed by atoms with E-state index in [0.717, 1.165) is 25.7 Å². The molecule has 2 aliphatic carbocycles. The van der Waals surface area contributed by atoms with Gasteiger partial charge in [-0.15, -0.1) is 0 Å². The Kier molecular flexibility index (Phi) is 3.27. The second kappa shape index (κ2) is 6.28. The van der Waals surface area contributed by atoms with Gasteiger partial charge in [-0.1, -0.05) is 60.7 Å². The van der Waals surface area contributed by atoms with Gasteiger partial charge in [-0.3, -0.25) is 4.98 Å². The summed E-state index contributed by atoms with van der Waals surface area (Å²) in [4.78, 5) is 7.04. The summed E-state index contributed by atoms with van der Waals surface area (Å²) in [5, 5.41) is 0. The van der Waals surface area contributed by atoms with Gasteiger partial charge < -0.3 is 4.90 Å². The minimum absolute atomic E-state index is 0.949. The minimum Gasteiger partial charge on any atom is -0.309 e. The van der Waals surface area contributed by atoms with Crippen molar-refractivity contribution in [3.05, 3.63) is 130 Å². The fourth-order valence-electron chi connectivity index (χ4n) is 7.24. The van der Waals surface area contributed by atoms with Gasteiger partial charge >= 0.3 is 0 Å². The van der Waals surface area contributed by atoms with Gasteiger partial charge in [0.2, 0.25) is 0 Å². The fourth-order valence-corrected chi connectivity index (χ4v) is 7.24. The minimum atomic E-state index is 0.949. The van der Waals surface area contributed by atoms with E-state index >= 15 is 0 Å². The highest BCUT2D eigenvalue weighted by Gasteiger charge is 2.37. The molecule has 0 radical (unpaired) electrons. The van der Waals surface area contributed by atoms with Gasteiger partial charge in [0, 0.05) is 30.9 Å². The largest absolute Gasteiger partial charge is 0.309 e. The van der Waals surface area contributed by atoms with Crippen LogP contribution in [-0.4, -0.2) is 4.98 Å². The second-order valence-electron chi connectivity index (χ2n) is 10.3. The van der Waals surface area contributed by atoms with Crippen LogP contribution in [0.5, 0.6) is 0 Å². The molecule has 4 aromatic carbocycles. The lowest BCUT2D eigenvalue weighted by molar-refractivity contribution is 0.996. The lowest BCUT2D eigenvalue weighted by Crippen LogP contribution is -2.25. The smallest absolute Gasteiger partial charge is 0.0539 e. The van der Waals surface area contributed by atoms with Crippen molar-refractivity contribution in [1.82, 2.24) is 4.98 Å². The van der Waals surface area contributed by atoms with Crippen molar-refractivity contribution in [3.8, 4) is 22.3 Å². The Balaban J connectivity index is 1.32. The SMILES string of the molecule is c1ccc2c(c1)Cc1c-2ccc2c1Cc1cc3c4c(c1-2)Cc1cnccc1N4c1ccccc1C3. The van der Waals surface area contributed by atoms with Gasteiger partial charge in [0.1, 0.15) is 0 Å². The highest BCUT2D eigenvalue weighted by Crippen LogP contribution is 2.56. The normalized spacial score (nSPS) is 14.9. The van der Waals surface area contributed by atoms with E-state index in [0.29, 0.717) is 0 Å². The van der Waals surface area contributed by atoms with Gasteiger partial charge in [0.25, 0.3) is 0 Å². The quantitative estimate of drug-likeness (QED) is 0.240. The highest BCUT2D eigenvalue weighted by atomic mass is 15.2. The van der Waals surface area contributed by atoms with Crippen LogP contribution in [0.25, 0.3) is 22.3 Å². The van der Waals surface area contributed by atoms with Crippen LogP contribution in [-0.2, 0) is 25.7 Å². The summed E-state index contributed by atoms with van der Waals surface area (Å²) >= 11 is 0. The first-order valence-electron chi connectivity index (χ1n) is 12.6. The van der Waals surface area contributed by atoms with Crippen LogP contribution >= 0.6 is 0 Å². The maximum atomic E-state index is 4.52. The zero-order chi connectivity index (χ0) is 22.7. The van der Waals surface area contributed by atoms with Crippen molar-refractivity contribution in [2.75, 3.05) is 4.90 Å². The monoisotopic (exact) mass is 446 g/mol. The first kappa shape index (κ1) is 18.2. The summed E-state index contributed by atoms with van der Waals surface area (Å²) in [5.74, 6) is 0. The van der Waals surface area contributed by atoms with Gasteiger partial charge in [-0.25, -0.2) is 0 Å². The molecule has 0 bridgehead atoms. The molecular formula is C33H22N2. The molecule has 2 nitrogen and oxygen atoms in total. The molecule has 2 heteroatoms. The molecular weight excluding hydrogens is 424 g/mol. The molecule has 4 aliphatic rings. The first-order chi connectivity index (χ1) is 17.3. The number of rotatable bonds is 0. The molecule has 164 valence electrons. The zero-order valence-electron chi connectivity index (χ0n) is 19.3. The summed E-state index contributed by atoms with van der Waals surface area (Å²) in [7, 11) is 0. The van der Waals surface area contributed by atoms with Crippen molar-refractivity contribution in [3.63, 3.8) is 0 Å². The van der Waals surface area contributed by atoms with Crippen molar-refractivity contribution < 1.29 is 0 Å². The fraction of sp³-hybridized carbons (Fsp3) is 0.121. The number of nitrogens with zero attached hydrogens (tertiary/aromatic N) is 2. The standard InChI is InChI=1S/C33H22N2/c1-3-7-24-19(5-1)15-27-25(24)9-10-26-28(27)16-21-14-22-13-20-6-2-4-8-30(20)35-31-11-12-34-18-23(31)17-29(32(21)26)33(22)35/h1-12,14,18H,13,15-17H2.